The number of benzene rings is 7. The molecule has 2 nitrogen and oxygen atoms in total. The first-order chi connectivity index (χ1) is 28.5. The normalized spacial score (nSPS) is 18.7. The lowest BCUT2D eigenvalue weighted by atomic mass is 9.76. The summed E-state index contributed by atoms with van der Waals surface area (Å²) in [6.07, 6.45) is 11.2. The number of aryl methyl sites for hydroxylation is 2. The second kappa shape index (κ2) is 13.9. The van der Waals surface area contributed by atoms with E-state index >= 15 is 0 Å². The first kappa shape index (κ1) is 35.3. The highest BCUT2D eigenvalue weighted by Gasteiger charge is 2.45. The van der Waals surface area contributed by atoms with Crippen LogP contribution in [0.5, 0.6) is 0 Å². The Kier molecular flexibility index (Phi) is 8.47. The number of hydrogen-bond donors (Lipinski definition) is 0. The second-order valence-corrected chi connectivity index (χ2v) is 17.9. The summed E-state index contributed by atoms with van der Waals surface area (Å²) < 4.78 is 0. The van der Waals surface area contributed by atoms with Crippen molar-refractivity contribution in [3.8, 4) is 11.1 Å². The van der Waals surface area contributed by atoms with Crippen LogP contribution in [0, 0.1) is 0 Å². The Morgan fingerprint density at radius 1 is 0.414 bits per heavy atom. The molecule has 0 saturated heterocycles. The molecule has 58 heavy (non-hydrogen) atoms. The summed E-state index contributed by atoms with van der Waals surface area (Å²) in [4.78, 5) is 4.97. The van der Waals surface area contributed by atoms with Gasteiger partial charge in [0.05, 0.1) is 0 Å². The molecule has 11 rings (SSSR count). The minimum atomic E-state index is -0.0256. The Hall–Kier alpha value is -5.86. The predicted molar refractivity (Wildman–Crippen MR) is 243 cm³/mol. The Balaban J connectivity index is 1.04. The average Bonchev–Trinajstić information content (AvgIpc) is 3.91. The zero-order chi connectivity index (χ0) is 38.8. The fourth-order valence-electron chi connectivity index (χ4n) is 11.5. The minimum absolute atomic E-state index is 0.00680. The van der Waals surface area contributed by atoms with Gasteiger partial charge in [-0.3, -0.25) is 0 Å². The number of para-hydroxylation sites is 2. The number of hydrogen-bond acceptors (Lipinski definition) is 2. The first-order valence-corrected chi connectivity index (χ1v) is 21.8. The lowest BCUT2D eigenvalue weighted by Gasteiger charge is -2.32. The molecule has 0 unspecified atom stereocenters. The average molecular weight is 753 g/mol. The summed E-state index contributed by atoms with van der Waals surface area (Å²) in [7, 11) is 0. The molecule has 286 valence electrons. The molecule has 4 aliphatic rings. The van der Waals surface area contributed by atoms with Crippen molar-refractivity contribution in [1.29, 1.82) is 0 Å². The Labute approximate surface area is 344 Å². The predicted octanol–water partition coefficient (Wildman–Crippen LogP) is 15.2. The molecular formula is C56H52N2. The molecule has 1 atom stereocenters. The van der Waals surface area contributed by atoms with Crippen molar-refractivity contribution in [1.82, 2.24) is 0 Å². The summed E-state index contributed by atoms with van der Waals surface area (Å²) in [5, 5.41) is 0. The fourth-order valence-corrected chi connectivity index (χ4v) is 11.5. The summed E-state index contributed by atoms with van der Waals surface area (Å²) in [6, 6.07) is 62.4. The van der Waals surface area contributed by atoms with Crippen LogP contribution in [-0.2, 0) is 23.7 Å². The van der Waals surface area contributed by atoms with Gasteiger partial charge in [0, 0.05) is 45.0 Å². The Bertz CT molecular complexity index is 2590. The zero-order valence-corrected chi connectivity index (χ0v) is 33.9. The maximum absolute atomic E-state index is 2.58. The topological polar surface area (TPSA) is 6.48 Å². The van der Waals surface area contributed by atoms with Crippen molar-refractivity contribution >= 4 is 34.1 Å². The van der Waals surface area contributed by atoms with Crippen LogP contribution < -0.4 is 9.80 Å². The molecule has 0 bridgehead atoms. The van der Waals surface area contributed by atoms with Crippen LogP contribution in [0.25, 0.3) is 11.1 Å². The van der Waals surface area contributed by atoms with Gasteiger partial charge in [0.15, 0.2) is 0 Å². The molecule has 0 amide bonds. The monoisotopic (exact) mass is 752 g/mol. The molecule has 4 aliphatic carbocycles. The maximum atomic E-state index is 2.58. The number of fused-ring (bicyclic) bond motifs is 7. The highest BCUT2D eigenvalue weighted by Crippen LogP contribution is 2.56. The van der Waals surface area contributed by atoms with Crippen molar-refractivity contribution in [2.45, 2.75) is 88.4 Å². The van der Waals surface area contributed by atoms with Gasteiger partial charge in [-0.05, 0) is 167 Å². The molecule has 7 aromatic carbocycles. The van der Waals surface area contributed by atoms with Gasteiger partial charge in [-0.25, -0.2) is 0 Å². The molecule has 1 spiro atoms. The molecule has 0 aliphatic heterocycles. The second-order valence-electron chi connectivity index (χ2n) is 17.9. The van der Waals surface area contributed by atoms with E-state index in [0.29, 0.717) is 5.92 Å². The molecular weight excluding hydrogens is 701 g/mol. The SMILES string of the molecule is CC1(C)c2ccccc2-c2cc(N(c3ccc(C4CCCCC4)cc3)c3ccc4c(c3)[C@]3(CCc5ccc(N(c6ccccc6)c6ccccc6)cc53)CC4)ccc21. The third kappa shape index (κ3) is 5.67. The van der Waals surface area contributed by atoms with E-state index in [9.17, 15) is 0 Å². The van der Waals surface area contributed by atoms with E-state index in [-0.39, 0.29) is 10.8 Å². The molecule has 7 aromatic rings. The summed E-state index contributed by atoms with van der Waals surface area (Å²) >= 11 is 0. The van der Waals surface area contributed by atoms with Crippen molar-refractivity contribution in [2.24, 2.45) is 0 Å². The van der Waals surface area contributed by atoms with Gasteiger partial charge in [0.25, 0.3) is 0 Å². The molecule has 0 N–H and O–H groups in total. The lowest BCUT2D eigenvalue weighted by Crippen LogP contribution is -2.22. The minimum Gasteiger partial charge on any atom is -0.310 e. The van der Waals surface area contributed by atoms with E-state index in [4.69, 9.17) is 0 Å². The highest BCUT2D eigenvalue weighted by molar-refractivity contribution is 5.87. The van der Waals surface area contributed by atoms with Gasteiger partial charge in [0.2, 0.25) is 0 Å². The first-order valence-electron chi connectivity index (χ1n) is 21.8. The van der Waals surface area contributed by atoms with E-state index in [1.807, 2.05) is 0 Å². The molecule has 1 saturated carbocycles. The quantitative estimate of drug-likeness (QED) is 0.160. The van der Waals surface area contributed by atoms with Crippen molar-refractivity contribution in [3.05, 3.63) is 203 Å². The molecule has 0 radical (unpaired) electrons. The summed E-state index contributed by atoms with van der Waals surface area (Å²) in [6.45, 7) is 4.76. The zero-order valence-electron chi connectivity index (χ0n) is 33.9. The summed E-state index contributed by atoms with van der Waals surface area (Å²) in [5.41, 5.74) is 20.3. The highest BCUT2D eigenvalue weighted by atomic mass is 15.1. The standard InChI is InChI=1S/C56H52N2/c1-55(2)51-21-13-12-20-49(51)50-36-46(30-31-52(50)55)58(45-26-22-40(23-27-45)39-14-6-3-7-15-39)48-29-25-42-33-35-56(54(42)38-48)34-32-41-24-28-47(37-53(41)56)57(43-16-8-4-9-17-43)44-18-10-5-11-19-44/h4-5,8-13,16-31,36-39H,3,6-7,14-15,32-35H2,1-2H3/t56-/m1/s1. The molecule has 1 fully saturated rings. The van der Waals surface area contributed by atoms with Gasteiger partial charge in [0.1, 0.15) is 0 Å². The molecule has 0 aromatic heterocycles. The van der Waals surface area contributed by atoms with Gasteiger partial charge in [-0.2, -0.15) is 0 Å². The largest absolute Gasteiger partial charge is 0.310 e. The number of nitrogens with zero attached hydrogens (tertiary/aromatic N) is 2. The maximum Gasteiger partial charge on any atom is 0.0468 e. The van der Waals surface area contributed by atoms with Crippen LogP contribution in [0.3, 0.4) is 0 Å². The third-order valence-corrected chi connectivity index (χ3v) is 14.5. The van der Waals surface area contributed by atoms with Crippen LogP contribution >= 0.6 is 0 Å². The van der Waals surface area contributed by atoms with E-state index < -0.39 is 0 Å². The molecule has 0 heterocycles. The van der Waals surface area contributed by atoms with E-state index in [1.165, 1.54) is 116 Å². The van der Waals surface area contributed by atoms with Crippen LogP contribution in [0.1, 0.15) is 104 Å². The smallest absolute Gasteiger partial charge is 0.0468 e. The van der Waals surface area contributed by atoms with E-state index in [1.54, 1.807) is 0 Å². The van der Waals surface area contributed by atoms with Crippen molar-refractivity contribution in [2.75, 3.05) is 9.80 Å². The van der Waals surface area contributed by atoms with Crippen LogP contribution in [0.15, 0.2) is 164 Å². The summed E-state index contributed by atoms with van der Waals surface area (Å²) in [5.74, 6) is 0.682. The number of anilines is 6. The Morgan fingerprint density at radius 3 is 1.52 bits per heavy atom. The van der Waals surface area contributed by atoms with Crippen molar-refractivity contribution < 1.29 is 0 Å². The number of rotatable bonds is 7. The molecule has 2 heteroatoms. The van der Waals surface area contributed by atoms with Gasteiger partial charge in [-0.15, -0.1) is 0 Å². The van der Waals surface area contributed by atoms with Crippen LogP contribution in [0.2, 0.25) is 0 Å². The van der Waals surface area contributed by atoms with E-state index in [0.717, 1.165) is 25.7 Å². The van der Waals surface area contributed by atoms with Crippen molar-refractivity contribution in [3.63, 3.8) is 0 Å². The lowest BCUT2D eigenvalue weighted by molar-refractivity contribution is 0.443. The fraction of sp³-hybridized carbons (Fsp3) is 0.250. The van der Waals surface area contributed by atoms with Gasteiger partial charge < -0.3 is 9.80 Å². The van der Waals surface area contributed by atoms with Crippen LogP contribution in [0.4, 0.5) is 34.1 Å². The van der Waals surface area contributed by atoms with Gasteiger partial charge in [-0.1, -0.05) is 124 Å². The third-order valence-electron chi connectivity index (χ3n) is 14.5. The van der Waals surface area contributed by atoms with Gasteiger partial charge >= 0.3 is 0 Å². The Morgan fingerprint density at radius 2 is 0.897 bits per heavy atom. The van der Waals surface area contributed by atoms with E-state index in [2.05, 4.69) is 187 Å². The van der Waals surface area contributed by atoms with Crippen LogP contribution in [-0.4, -0.2) is 0 Å².